The molecular formula is C12H18N4O2. The number of rotatable bonds is 7. The highest BCUT2D eigenvalue weighted by atomic mass is 16.5. The first kappa shape index (κ1) is 12.8. The van der Waals surface area contributed by atoms with Crippen molar-refractivity contribution in [2.75, 3.05) is 25.6 Å². The third-order valence-electron chi connectivity index (χ3n) is 2.63. The molecule has 1 amide bonds. The lowest BCUT2D eigenvalue weighted by Gasteiger charge is -2.05. The zero-order chi connectivity index (χ0) is 12.8. The lowest BCUT2D eigenvalue weighted by molar-refractivity contribution is 0.0950. The molecule has 18 heavy (non-hydrogen) atoms. The lowest BCUT2D eigenvalue weighted by Crippen LogP contribution is -2.25. The first-order valence-electron chi connectivity index (χ1n) is 6.15. The highest BCUT2D eigenvalue weighted by Gasteiger charge is 2.23. The Labute approximate surface area is 106 Å². The van der Waals surface area contributed by atoms with Crippen LogP contribution in [0.2, 0.25) is 0 Å². The SMILES string of the molecule is COCCCNc1ncc(C(=O)NC2CC2)cn1. The van der Waals surface area contributed by atoms with Gasteiger partial charge in [-0.15, -0.1) is 0 Å². The molecule has 0 aliphatic heterocycles. The van der Waals surface area contributed by atoms with E-state index in [1.165, 1.54) is 0 Å². The summed E-state index contributed by atoms with van der Waals surface area (Å²) in [6.07, 6.45) is 6.13. The maximum atomic E-state index is 11.7. The van der Waals surface area contributed by atoms with Crippen molar-refractivity contribution in [2.24, 2.45) is 0 Å². The van der Waals surface area contributed by atoms with Crippen molar-refractivity contribution >= 4 is 11.9 Å². The fourth-order valence-electron chi connectivity index (χ4n) is 1.45. The molecule has 1 saturated carbocycles. The van der Waals surface area contributed by atoms with Gasteiger partial charge in [-0.25, -0.2) is 9.97 Å². The highest BCUT2D eigenvalue weighted by molar-refractivity contribution is 5.94. The number of anilines is 1. The molecule has 6 heteroatoms. The van der Waals surface area contributed by atoms with Crippen LogP contribution in [0.4, 0.5) is 5.95 Å². The number of carbonyl (C=O) groups is 1. The summed E-state index contributed by atoms with van der Waals surface area (Å²) < 4.78 is 4.94. The van der Waals surface area contributed by atoms with Crippen molar-refractivity contribution in [3.05, 3.63) is 18.0 Å². The number of ether oxygens (including phenoxy) is 1. The summed E-state index contributed by atoms with van der Waals surface area (Å²) in [7, 11) is 1.67. The van der Waals surface area contributed by atoms with E-state index in [1.807, 2.05) is 0 Å². The molecule has 0 atom stereocenters. The minimum absolute atomic E-state index is 0.0940. The Kier molecular flexibility index (Phi) is 4.46. The van der Waals surface area contributed by atoms with Gasteiger partial charge in [0.1, 0.15) is 0 Å². The van der Waals surface area contributed by atoms with Crippen LogP contribution < -0.4 is 10.6 Å². The van der Waals surface area contributed by atoms with Gasteiger partial charge in [-0.1, -0.05) is 0 Å². The molecule has 0 unspecified atom stereocenters. The summed E-state index contributed by atoms with van der Waals surface area (Å²) in [5.41, 5.74) is 0.504. The third kappa shape index (κ3) is 3.96. The van der Waals surface area contributed by atoms with Crippen LogP contribution in [0.3, 0.4) is 0 Å². The van der Waals surface area contributed by atoms with Gasteiger partial charge >= 0.3 is 0 Å². The van der Waals surface area contributed by atoms with Crippen molar-refractivity contribution in [3.63, 3.8) is 0 Å². The van der Waals surface area contributed by atoms with Gasteiger partial charge in [0.05, 0.1) is 5.56 Å². The molecule has 0 aromatic carbocycles. The Hall–Kier alpha value is -1.69. The minimum atomic E-state index is -0.0940. The Morgan fingerprint density at radius 3 is 2.78 bits per heavy atom. The average Bonchev–Trinajstić information content (AvgIpc) is 3.19. The Balaban J connectivity index is 1.78. The van der Waals surface area contributed by atoms with Crippen molar-refractivity contribution in [3.8, 4) is 0 Å². The second kappa shape index (κ2) is 6.30. The molecule has 0 bridgehead atoms. The van der Waals surface area contributed by atoms with Crippen LogP contribution in [0.25, 0.3) is 0 Å². The summed E-state index contributed by atoms with van der Waals surface area (Å²) in [6.45, 7) is 1.45. The number of hydrogen-bond donors (Lipinski definition) is 2. The molecule has 1 aromatic rings. The van der Waals surface area contributed by atoms with Gasteiger partial charge < -0.3 is 15.4 Å². The van der Waals surface area contributed by atoms with E-state index in [0.29, 0.717) is 24.2 Å². The van der Waals surface area contributed by atoms with Gasteiger partial charge in [0, 0.05) is 38.7 Å². The number of aromatic nitrogens is 2. The van der Waals surface area contributed by atoms with E-state index in [4.69, 9.17) is 4.74 Å². The standard InChI is InChI=1S/C12H18N4O2/c1-18-6-2-5-13-12-14-7-9(8-15-12)11(17)16-10-3-4-10/h7-8,10H,2-6H2,1H3,(H,16,17)(H,13,14,15). The highest BCUT2D eigenvalue weighted by Crippen LogP contribution is 2.19. The maximum Gasteiger partial charge on any atom is 0.254 e. The Morgan fingerprint density at radius 1 is 1.44 bits per heavy atom. The molecule has 0 spiro atoms. The van der Waals surface area contributed by atoms with E-state index < -0.39 is 0 Å². The molecule has 0 saturated heterocycles. The van der Waals surface area contributed by atoms with Gasteiger partial charge in [0.2, 0.25) is 5.95 Å². The quantitative estimate of drug-likeness (QED) is 0.701. The summed E-state index contributed by atoms with van der Waals surface area (Å²) in [5, 5.41) is 5.96. The van der Waals surface area contributed by atoms with Crippen LogP contribution in [0.15, 0.2) is 12.4 Å². The molecule has 1 aliphatic rings. The van der Waals surface area contributed by atoms with Gasteiger partial charge in [-0.05, 0) is 19.3 Å². The monoisotopic (exact) mass is 250 g/mol. The van der Waals surface area contributed by atoms with Gasteiger partial charge in [0.25, 0.3) is 5.91 Å². The van der Waals surface area contributed by atoms with E-state index >= 15 is 0 Å². The molecule has 1 fully saturated rings. The predicted molar refractivity (Wildman–Crippen MR) is 67.5 cm³/mol. The Morgan fingerprint density at radius 2 is 2.17 bits per heavy atom. The molecular weight excluding hydrogens is 232 g/mol. The summed E-state index contributed by atoms with van der Waals surface area (Å²) in [5.74, 6) is 0.442. The number of hydrogen-bond acceptors (Lipinski definition) is 5. The smallest absolute Gasteiger partial charge is 0.254 e. The van der Waals surface area contributed by atoms with E-state index in [2.05, 4.69) is 20.6 Å². The number of amides is 1. The van der Waals surface area contributed by atoms with E-state index in [9.17, 15) is 4.79 Å². The fraction of sp³-hybridized carbons (Fsp3) is 0.583. The zero-order valence-corrected chi connectivity index (χ0v) is 10.5. The first-order valence-corrected chi connectivity index (χ1v) is 6.15. The molecule has 6 nitrogen and oxygen atoms in total. The number of nitrogens with zero attached hydrogens (tertiary/aromatic N) is 2. The maximum absolute atomic E-state index is 11.7. The van der Waals surface area contributed by atoms with Crippen molar-refractivity contribution < 1.29 is 9.53 Å². The van der Waals surface area contributed by atoms with Crippen LogP contribution >= 0.6 is 0 Å². The molecule has 1 heterocycles. The van der Waals surface area contributed by atoms with Gasteiger partial charge in [-0.2, -0.15) is 0 Å². The number of methoxy groups -OCH3 is 1. The van der Waals surface area contributed by atoms with Crippen LogP contribution in [0, 0.1) is 0 Å². The summed E-state index contributed by atoms with van der Waals surface area (Å²) >= 11 is 0. The summed E-state index contributed by atoms with van der Waals surface area (Å²) in [6, 6.07) is 0.351. The summed E-state index contributed by atoms with van der Waals surface area (Å²) in [4.78, 5) is 19.9. The van der Waals surface area contributed by atoms with Crippen LogP contribution in [-0.4, -0.2) is 42.2 Å². The molecule has 0 radical (unpaired) electrons. The number of nitrogens with one attached hydrogen (secondary N) is 2. The number of carbonyl (C=O) groups excluding carboxylic acids is 1. The normalized spacial score (nSPS) is 14.3. The molecule has 2 rings (SSSR count). The lowest BCUT2D eigenvalue weighted by atomic mass is 10.3. The van der Waals surface area contributed by atoms with E-state index in [-0.39, 0.29) is 5.91 Å². The topological polar surface area (TPSA) is 76.1 Å². The third-order valence-corrected chi connectivity index (χ3v) is 2.63. The average molecular weight is 250 g/mol. The molecule has 2 N–H and O–H groups in total. The largest absolute Gasteiger partial charge is 0.385 e. The van der Waals surface area contributed by atoms with Crippen molar-refractivity contribution in [1.29, 1.82) is 0 Å². The van der Waals surface area contributed by atoms with Crippen LogP contribution in [0.1, 0.15) is 29.6 Å². The van der Waals surface area contributed by atoms with E-state index in [0.717, 1.165) is 25.8 Å². The molecule has 1 aromatic heterocycles. The molecule has 1 aliphatic carbocycles. The van der Waals surface area contributed by atoms with Crippen molar-refractivity contribution in [1.82, 2.24) is 15.3 Å². The first-order chi connectivity index (χ1) is 8.79. The van der Waals surface area contributed by atoms with E-state index in [1.54, 1.807) is 19.5 Å². The predicted octanol–water partition coefficient (Wildman–Crippen LogP) is 0.817. The minimum Gasteiger partial charge on any atom is -0.385 e. The second-order valence-electron chi connectivity index (χ2n) is 4.32. The van der Waals surface area contributed by atoms with Crippen LogP contribution in [-0.2, 0) is 4.74 Å². The van der Waals surface area contributed by atoms with Crippen LogP contribution in [0.5, 0.6) is 0 Å². The van der Waals surface area contributed by atoms with Crippen molar-refractivity contribution in [2.45, 2.75) is 25.3 Å². The second-order valence-corrected chi connectivity index (χ2v) is 4.32. The Bertz CT molecular complexity index is 390. The van der Waals surface area contributed by atoms with Gasteiger partial charge in [-0.3, -0.25) is 4.79 Å². The fourth-order valence-corrected chi connectivity index (χ4v) is 1.45. The van der Waals surface area contributed by atoms with Gasteiger partial charge in [0.15, 0.2) is 0 Å². The molecule has 98 valence electrons. The zero-order valence-electron chi connectivity index (χ0n) is 10.5.